The average molecular weight is 234 g/mol. The Morgan fingerprint density at radius 3 is 3.12 bits per heavy atom. The topological polar surface area (TPSA) is 38.5 Å². The maximum atomic E-state index is 6.03. The molecule has 0 unspecified atom stereocenters. The van der Waals surface area contributed by atoms with Crippen molar-refractivity contribution in [2.45, 2.75) is 26.2 Å². The van der Waals surface area contributed by atoms with Gasteiger partial charge in [-0.15, -0.1) is 0 Å². The highest BCUT2D eigenvalue weighted by molar-refractivity contribution is 5.66. The molecule has 1 aromatic carbocycles. The van der Waals surface area contributed by atoms with E-state index in [4.69, 9.17) is 10.5 Å². The minimum Gasteiger partial charge on any atom is -0.398 e. The van der Waals surface area contributed by atoms with Crippen LogP contribution in [0.4, 0.5) is 11.4 Å². The summed E-state index contributed by atoms with van der Waals surface area (Å²) < 4.78 is 5.38. The SMILES string of the molecule is CCOCCCN1CCCc2c(N)cccc21. The number of anilines is 2. The number of benzene rings is 1. The van der Waals surface area contributed by atoms with Crippen molar-refractivity contribution in [3.8, 4) is 0 Å². The molecule has 1 aromatic rings. The number of ether oxygens (including phenoxy) is 1. The molecule has 1 aliphatic rings. The van der Waals surface area contributed by atoms with E-state index in [1.54, 1.807) is 0 Å². The lowest BCUT2D eigenvalue weighted by Crippen LogP contribution is -2.31. The third-order valence-electron chi connectivity index (χ3n) is 3.30. The minimum atomic E-state index is 0.809. The predicted octanol–water partition coefficient (Wildman–Crippen LogP) is 2.45. The van der Waals surface area contributed by atoms with Gasteiger partial charge < -0.3 is 15.4 Å². The monoisotopic (exact) mass is 234 g/mol. The summed E-state index contributed by atoms with van der Waals surface area (Å²) >= 11 is 0. The molecule has 0 radical (unpaired) electrons. The summed E-state index contributed by atoms with van der Waals surface area (Å²) in [5.74, 6) is 0. The molecule has 17 heavy (non-hydrogen) atoms. The van der Waals surface area contributed by atoms with Crippen molar-refractivity contribution < 1.29 is 4.74 Å². The first-order valence-corrected chi connectivity index (χ1v) is 6.53. The molecule has 1 aliphatic heterocycles. The maximum Gasteiger partial charge on any atom is 0.0482 e. The molecule has 0 aliphatic carbocycles. The molecule has 2 rings (SSSR count). The van der Waals surface area contributed by atoms with Gasteiger partial charge in [-0.25, -0.2) is 0 Å². The molecule has 94 valence electrons. The number of hydrogen-bond acceptors (Lipinski definition) is 3. The molecule has 0 saturated carbocycles. The van der Waals surface area contributed by atoms with Crippen molar-refractivity contribution >= 4 is 11.4 Å². The predicted molar refractivity (Wildman–Crippen MR) is 72.5 cm³/mol. The number of nitrogens with two attached hydrogens (primary N) is 1. The first-order chi connectivity index (χ1) is 8.33. The first-order valence-electron chi connectivity index (χ1n) is 6.53. The summed E-state index contributed by atoms with van der Waals surface area (Å²) in [6.07, 6.45) is 3.40. The molecule has 0 atom stereocenters. The van der Waals surface area contributed by atoms with Crippen LogP contribution in [0.3, 0.4) is 0 Å². The molecule has 0 saturated heterocycles. The Morgan fingerprint density at radius 2 is 2.29 bits per heavy atom. The van der Waals surface area contributed by atoms with Gasteiger partial charge in [0.25, 0.3) is 0 Å². The summed E-state index contributed by atoms with van der Waals surface area (Å²) in [4.78, 5) is 2.44. The lowest BCUT2D eigenvalue weighted by molar-refractivity contribution is 0.146. The van der Waals surface area contributed by atoms with Crippen LogP contribution in [0.1, 0.15) is 25.3 Å². The molecule has 3 nitrogen and oxygen atoms in total. The molecular weight excluding hydrogens is 212 g/mol. The van der Waals surface area contributed by atoms with Gasteiger partial charge in [0.05, 0.1) is 0 Å². The van der Waals surface area contributed by atoms with Crippen LogP contribution < -0.4 is 10.6 Å². The zero-order valence-electron chi connectivity index (χ0n) is 10.6. The zero-order chi connectivity index (χ0) is 12.1. The van der Waals surface area contributed by atoms with Gasteiger partial charge in [-0.05, 0) is 43.9 Å². The Hall–Kier alpha value is -1.22. The van der Waals surface area contributed by atoms with E-state index in [2.05, 4.69) is 17.0 Å². The van der Waals surface area contributed by atoms with E-state index in [1.165, 1.54) is 17.7 Å². The Labute approximate surface area is 104 Å². The Bertz CT molecular complexity index is 365. The van der Waals surface area contributed by atoms with Crippen molar-refractivity contribution in [1.82, 2.24) is 0 Å². The highest BCUT2D eigenvalue weighted by Gasteiger charge is 2.17. The fraction of sp³-hybridized carbons (Fsp3) is 0.571. The van der Waals surface area contributed by atoms with E-state index in [0.717, 1.165) is 44.8 Å². The summed E-state index contributed by atoms with van der Waals surface area (Å²) in [5.41, 5.74) is 9.63. The van der Waals surface area contributed by atoms with Crippen molar-refractivity contribution in [1.29, 1.82) is 0 Å². The van der Waals surface area contributed by atoms with E-state index in [0.29, 0.717) is 0 Å². The van der Waals surface area contributed by atoms with E-state index in [9.17, 15) is 0 Å². The number of rotatable bonds is 5. The molecule has 0 amide bonds. The van der Waals surface area contributed by atoms with Crippen LogP contribution in [-0.4, -0.2) is 26.3 Å². The van der Waals surface area contributed by atoms with Gasteiger partial charge in [-0.1, -0.05) is 6.07 Å². The lowest BCUT2D eigenvalue weighted by Gasteiger charge is -2.32. The van der Waals surface area contributed by atoms with Crippen molar-refractivity contribution in [3.05, 3.63) is 23.8 Å². The fourth-order valence-electron chi connectivity index (χ4n) is 2.46. The normalized spacial score (nSPS) is 14.8. The highest BCUT2D eigenvalue weighted by Crippen LogP contribution is 2.31. The van der Waals surface area contributed by atoms with Crippen molar-refractivity contribution in [2.24, 2.45) is 0 Å². The molecule has 0 aromatic heterocycles. The second kappa shape index (κ2) is 5.92. The standard InChI is InChI=1S/C14H22N2O/c1-2-17-11-5-10-16-9-4-6-12-13(15)7-3-8-14(12)16/h3,7-8H,2,4-6,9-11,15H2,1H3. The quantitative estimate of drug-likeness (QED) is 0.628. The minimum absolute atomic E-state index is 0.809. The summed E-state index contributed by atoms with van der Waals surface area (Å²) in [5, 5.41) is 0. The molecule has 0 spiro atoms. The Morgan fingerprint density at radius 1 is 1.41 bits per heavy atom. The van der Waals surface area contributed by atoms with E-state index < -0.39 is 0 Å². The summed E-state index contributed by atoms with van der Waals surface area (Å²) in [7, 11) is 0. The van der Waals surface area contributed by atoms with Gasteiger partial charge in [-0.2, -0.15) is 0 Å². The first kappa shape index (κ1) is 12.2. The third-order valence-corrected chi connectivity index (χ3v) is 3.30. The van der Waals surface area contributed by atoms with Crippen LogP contribution in [0, 0.1) is 0 Å². The highest BCUT2D eigenvalue weighted by atomic mass is 16.5. The fourth-order valence-corrected chi connectivity index (χ4v) is 2.46. The number of hydrogen-bond donors (Lipinski definition) is 1. The van der Waals surface area contributed by atoms with Crippen LogP contribution in [0.15, 0.2) is 18.2 Å². The van der Waals surface area contributed by atoms with Gasteiger partial charge >= 0.3 is 0 Å². The summed E-state index contributed by atoms with van der Waals surface area (Å²) in [6.45, 7) is 5.91. The number of fused-ring (bicyclic) bond motifs is 1. The molecule has 0 bridgehead atoms. The van der Waals surface area contributed by atoms with Crippen molar-refractivity contribution in [2.75, 3.05) is 36.9 Å². The third kappa shape index (κ3) is 2.91. The average Bonchev–Trinajstić information content (AvgIpc) is 2.36. The van der Waals surface area contributed by atoms with Crippen LogP contribution in [-0.2, 0) is 11.2 Å². The van der Waals surface area contributed by atoms with E-state index >= 15 is 0 Å². The van der Waals surface area contributed by atoms with Crippen LogP contribution in [0.25, 0.3) is 0 Å². The van der Waals surface area contributed by atoms with E-state index in [1.807, 2.05) is 13.0 Å². The zero-order valence-corrected chi connectivity index (χ0v) is 10.6. The van der Waals surface area contributed by atoms with Crippen LogP contribution >= 0.6 is 0 Å². The molecule has 2 N–H and O–H groups in total. The Kier molecular flexibility index (Phi) is 4.26. The smallest absolute Gasteiger partial charge is 0.0482 e. The van der Waals surface area contributed by atoms with Gasteiger partial charge in [0.1, 0.15) is 0 Å². The second-order valence-corrected chi connectivity index (χ2v) is 4.49. The van der Waals surface area contributed by atoms with Gasteiger partial charge in [-0.3, -0.25) is 0 Å². The van der Waals surface area contributed by atoms with Gasteiger partial charge in [0, 0.05) is 37.7 Å². The van der Waals surface area contributed by atoms with Gasteiger partial charge in [0.2, 0.25) is 0 Å². The Balaban J connectivity index is 1.99. The second-order valence-electron chi connectivity index (χ2n) is 4.49. The molecule has 1 heterocycles. The molecule has 3 heteroatoms. The lowest BCUT2D eigenvalue weighted by atomic mass is 10.00. The van der Waals surface area contributed by atoms with Gasteiger partial charge in [0.15, 0.2) is 0 Å². The number of nitrogens with zero attached hydrogens (tertiary/aromatic N) is 1. The largest absolute Gasteiger partial charge is 0.398 e. The summed E-state index contributed by atoms with van der Waals surface area (Å²) in [6, 6.07) is 6.24. The molecular formula is C14H22N2O. The van der Waals surface area contributed by atoms with Crippen LogP contribution in [0.5, 0.6) is 0 Å². The number of nitrogen functional groups attached to an aromatic ring is 1. The van der Waals surface area contributed by atoms with Crippen molar-refractivity contribution in [3.63, 3.8) is 0 Å². The van der Waals surface area contributed by atoms with E-state index in [-0.39, 0.29) is 0 Å². The molecule has 0 fully saturated rings. The van der Waals surface area contributed by atoms with Crippen LogP contribution in [0.2, 0.25) is 0 Å². The maximum absolute atomic E-state index is 6.03.